The van der Waals surface area contributed by atoms with Crippen LogP contribution in [0.3, 0.4) is 0 Å². The van der Waals surface area contributed by atoms with E-state index in [1.807, 2.05) is 13.8 Å². The summed E-state index contributed by atoms with van der Waals surface area (Å²) in [6, 6.07) is 0. The Hall–Kier alpha value is -0.990. The van der Waals surface area contributed by atoms with Crippen molar-refractivity contribution in [3.8, 4) is 0 Å². The quantitative estimate of drug-likeness (QED) is 0.469. The van der Waals surface area contributed by atoms with Gasteiger partial charge in [-0.1, -0.05) is 0 Å². The molecular weight excluding hydrogens is 156 g/mol. The third-order valence-electron chi connectivity index (χ3n) is 1.23. The lowest BCUT2D eigenvalue weighted by molar-refractivity contribution is -0.142. The summed E-state index contributed by atoms with van der Waals surface area (Å²) in [6.07, 6.45) is 2.02. The molecule has 0 heterocycles. The van der Waals surface area contributed by atoms with Crippen LogP contribution in [0.1, 0.15) is 27.2 Å². The first-order valence-electron chi connectivity index (χ1n) is 4.15. The SMILES string of the molecule is CCOC(=O)C/C=C(/C)OCC. The van der Waals surface area contributed by atoms with Gasteiger partial charge in [0.15, 0.2) is 0 Å². The summed E-state index contributed by atoms with van der Waals surface area (Å²) < 4.78 is 9.86. The Morgan fingerprint density at radius 3 is 2.33 bits per heavy atom. The van der Waals surface area contributed by atoms with Gasteiger partial charge in [0.2, 0.25) is 0 Å². The second kappa shape index (κ2) is 6.70. The van der Waals surface area contributed by atoms with Crippen molar-refractivity contribution >= 4 is 5.97 Å². The fraction of sp³-hybridized carbons (Fsp3) is 0.667. The minimum Gasteiger partial charge on any atom is -0.499 e. The zero-order valence-corrected chi connectivity index (χ0v) is 7.92. The molecule has 0 radical (unpaired) electrons. The maximum Gasteiger partial charge on any atom is 0.309 e. The molecule has 0 N–H and O–H groups in total. The minimum absolute atomic E-state index is 0.212. The second-order valence-corrected chi connectivity index (χ2v) is 2.26. The van der Waals surface area contributed by atoms with Gasteiger partial charge in [-0.05, 0) is 26.8 Å². The topological polar surface area (TPSA) is 35.5 Å². The van der Waals surface area contributed by atoms with Crippen molar-refractivity contribution in [2.75, 3.05) is 13.2 Å². The van der Waals surface area contributed by atoms with E-state index in [1.165, 1.54) is 0 Å². The number of carbonyl (C=O) groups is 1. The lowest BCUT2D eigenvalue weighted by Crippen LogP contribution is -2.02. The molecule has 0 saturated heterocycles. The summed E-state index contributed by atoms with van der Waals surface area (Å²) in [5.41, 5.74) is 0. The summed E-state index contributed by atoms with van der Waals surface area (Å²) >= 11 is 0. The van der Waals surface area contributed by atoms with Crippen LogP contribution in [-0.2, 0) is 14.3 Å². The molecule has 70 valence electrons. The normalized spacial score (nSPS) is 11.1. The fourth-order valence-corrected chi connectivity index (χ4v) is 0.734. The number of ether oxygens (including phenoxy) is 2. The van der Waals surface area contributed by atoms with E-state index in [4.69, 9.17) is 9.47 Å². The number of carbonyl (C=O) groups excluding carboxylic acids is 1. The number of rotatable bonds is 5. The fourth-order valence-electron chi connectivity index (χ4n) is 0.734. The van der Waals surface area contributed by atoms with E-state index in [-0.39, 0.29) is 5.97 Å². The van der Waals surface area contributed by atoms with Gasteiger partial charge < -0.3 is 9.47 Å². The molecule has 0 spiro atoms. The minimum atomic E-state index is -0.212. The highest BCUT2D eigenvalue weighted by molar-refractivity contribution is 5.71. The predicted octanol–water partition coefficient (Wildman–Crippen LogP) is 1.88. The smallest absolute Gasteiger partial charge is 0.309 e. The van der Waals surface area contributed by atoms with Gasteiger partial charge >= 0.3 is 5.97 Å². The van der Waals surface area contributed by atoms with Crippen LogP contribution in [-0.4, -0.2) is 19.2 Å². The maximum atomic E-state index is 10.8. The average Bonchev–Trinajstić information content (AvgIpc) is 2.02. The van der Waals surface area contributed by atoms with Crippen LogP contribution in [0.25, 0.3) is 0 Å². The van der Waals surface area contributed by atoms with Gasteiger partial charge in [0.25, 0.3) is 0 Å². The van der Waals surface area contributed by atoms with Crippen molar-refractivity contribution in [1.82, 2.24) is 0 Å². The van der Waals surface area contributed by atoms with Crippen molar-refractivity contribution < 1.29 is 14.3 Å². The molecule has 0 aromatic heterocycles. The van der Waals surface area contributed by atoms with E-state index in [1.54, 1.807) is 13.0 Å². The van der Waals surface area contributed by atoms with Gasteiger partial charge in [-0.2, -0.15) is 0 Å². The number of allylic oxidation sites excluding steroid dienone is 1. The Bertz CT molecular complexity index is 161. The number of hydrogen-bond donors (Lipinski definition) is 0. The van der Waals surface area contributed by atoms with Crippen LogP contribution in [0.5, 0.6) is 0 Å². The van der Waals surface area contributed by atoms with Crippen LogP contribution < -0.4 is 0 Å². The molecule has 0 aromatic carbocycles. The van der Waals surface area contributed by atoms with Gasteiger partial charge in [-0.15, -0.1) is 0 Å². The molecule has 3 nitrogen and oxygen atoms in total. The van der Waals surface area contributed by atoms with E-state index >= 15 is 0 Å². The van der Waals surface area contributed by atoms with Gasteiger partial charge in [-0.3, -0.25) is 4.79 Å². The molecule has 0 aliphatic heterocycles. The van der Waals surface area contributed by atoms with Crippen LogP contribution >= 0.6 is 0 Å². The van der Waals surface area contributed by atoms with Crippen molar-refractivity contribution in [2.45, 2.75) is 27.2 Å². The van der Waals surface area contributed by atoms with Gasteiger partial charge in [0.1, 0.15) is 0 Å². The third-order valence-corrected chi connectivity index (χ3v) is 1.23. The molecule has 3 heteroatoms. The molecule has 0 atom stereocenters. The van der Waals surface area contributed by atoms with Crippen LogP contribution in [0.4, 0.5) is 0 Å². The summed E-state index contributed by atoms with van der Waals surface area (Å²) in [6.45, 7) is 6.58. The molecule has 0 unspecified atom stereocenters. The standard InChI is InChI=1S/C9H16O3/c1-4-11-8(3)6-7-9(10)12-5-2/h6H,4-5,7H2,1-3H3/b8-6-. The zero-order chi connectivity index (χ0) is 9.40. The van der Waals surface area contributed by atoms with Crippen LogP contribution in [0.2, 0.25) is 0 Å². The Balaban J connectivity index is 3.63. The molecule has 0 amide bonds. The largest absolute Gasteiger partial charge is 0.499 e. The van der Waals surface area contributed by atoms with Crippen molar-refractivity contribution in [3.63, 3.8) is 0 Å². The van der Waals surface area contributed by atoms with Crippen molar-refractivity contribution in [3.05, 3.63) is 11.8 Å². The Labute approximate surface area is 73.4 Å². The molecule has 0 saturated carbocycles. The van der Waals surface area contributed by atoms with Crippen molar-refractivity contribution in [1.29, 1.82) is 0 Å². The zero-order valence-electron chi connectivity index (χ0n) is 7.92. The summed E-state index contributed by atoms with van der Waals surface area (Å²) in [7, 11) is 0. The summed E-state index contributed by atoms with van der Waals surface area (Å²) in [4.78, 5) is 10.8. The Kier molecular flexibility index (Phi) is 6.15. The maximum absolute atomic E-state index is 10.8. The summed E-state index contributed by atoms with van der Waals surface area (Å²) in [5.74, 6) is 0.558. The molecule has 12 heavy (non-hydrogen) atoms. The van der Waals surface area contributed by atoms with E-state index in [2.05, 4.69) is 0 Å². The first kappa shape index (κ1) is 11.0. The Morgan fingerprint density at radius 1 is 1.25 bits per heavy atom. The van der Waals surface area contributed by atoms with E-state index in [0.717, 1.165) is 5.76 Å². The first-order valence-corrected chi connectivity index (χ1v) is 4.15. The molecule has 0 aromatic rings. The lowest BCUT2D eigenvalue weighted by Gasteiger charge is -2.02. The third kappa shape index (κ3) is 5.77. The highest BCUT2D eigenvalue weighted by Crippen LogP contribution is 1.98. The van der Waals surface area contributed by atoms with Crippen LogP contribution in [0, 0.1) is 0 Å². The van der Waals surface area contributed by atoms with Gasteiger partial charge in [0.05, 0.1) is 25.4 Å². The van der Waals surface area contributed by atoms with Gasteiger partial charge in [0, 0.05) is 0 Å². The lowest BCUT2D eigenvalue weighted by atomic mass is 10.3. The molecular formula is C9H16O3. The first-order chi connectivity index (χ1) is 5.70. The molecule has 0 fully saturated rings. The Morgan fingerprint density at radius 2 is 1.83 bits per heavy atom. The molecule has 0 aliphatic rings. The highest BCUT2D eigenvalue weighted by Gasteiger charge is 1.97. The monoisotopic (exact) mass is 172 g/mol. The molecule has 0 bridgehead atoms. The summed E-state index contributed by atoms with van der Waals surface area (Å²) in [5, 5.41) is 0. The number of hydrogen-bond acceptors (Lipinski definition) is 3. The van der Waals surface area contributed by atoms with E-state index < -0.39 is 0 Å². The highest BCUT2D eigenvalue weighted by atomic mass is 16.5. The van der Waals surface area contributed by atoms with Crippen LogP contribution in [0.15, 0.2) is 11.8 Å². The molecule has 0 aliphatic carbocycles. The van der Waals surface area contributed by atoms with Gasteiger partial charge in [-0.25, -0.2) is 0 Å². The predicted molar refractivity (Wildman–Crippen MR) is 46.6 cm³/mol. The average molecular weight is 172 g/mol. The van der Waals surface area contributed by atoms with Crippen molar-refractivity contribution in [2.24, 2.45) is 0 Å². The second-order valence-electron chi connectivity index (χ2n) is 2.26. The van der Waals surface area contributed by atoms with E-state index in [0.29, 0.717) is 19.6 Å². The number of esters is 1. The molecule has 0 rings (SSSR count). The van der Waals surface area contributed by atoms with E-state index in [9.17, 15) is 4.79 Å².